The number of nitrogens with one attached hydrogen (secondary N) is 2. The normalized spacial score (nSPS) is 9.75. The fourth-order valence-corrected chi connectivity index (χ4v) is 0.857. The van der Waals surface area contributed by atoms with Gasteiger partial charge in [-0.05, 0) is 38.9 Å². The van der Waals surface area contributed by atoms with Crippen LogP contribution in [-0.4, -0.2) is 26.2 Å². The molecule has 0 unspecified atom stereocenters. The molecule has 0 spiro atoms. The molecule has 5 heteroatoms. The summed E-state index contributed by atoms with van der Waals surface area (Å²) in [5.41, 5.74) is 7.68. The molecule has 0 rings (SSSR count). The predicted molar refractivity (Wildman–Crippen MR) is 49.6 cm³/mol. The van der Waals surface area contributed by atoms with E-state index in [1.54, 1.807) is 0 Å². The van der Waals surface area contributed by atoms with Gasteiger partial charge in [-0.2, -0.15) is 0 Å². The van der Waals surface area contributed by atoms with Crippen LogP contribution in [-0.2, 0) is 0 Å². The summed E-state index contributed by atoms with van der Waals surface area (Å²) in [6.07, 6.45) is 3.12. The van der Waals surface area contributed by atoms with Gasteiger partial charge >= 0.3 is 0 Å². The van der Waals surface area contributed by atoms with Crippen molar-refractivity contribution >= 4 is 0 Å². The van der Waals surface area contributed by atoms with Crippen molar-refractivity contribution in [3.63, 3.8) is 0 Å². The van der Waals surface area contributed by atoms with Crippen LogP contribution in [0.25, 0.3) is 0 Å². The molecule has 0 bridgehead atoms. The van der Waals surface area contributed by atoms with Crippen molar-refractivity contribution < 1.29 is 0 Å². The third-order valence-corrected chi connectivity index (χ3v) is 1.51. The predicted octanol–water partition coefficient (Wildman–Crippen LogP) is -0.0240. The maximum atomic E-state index is 9.58. The highest BCUT2D eigenvalue weighted by atomic mass is 16.3. The highest BCUT2D eigenvalue weighted by Gasteiger charge is 1.87. The van der Waals surface area contributed by atoms with Gasteiger partial charge in [0.05, 0.1) is 0 Å². The molecule has 0 saturated carbocycles. The number of unbranched alkanes of at least 4 members (excludes halogenated alkanes) is 1. The Morgan fingerprint density at radius 3 is 2.50 bits per heavy atom. The van der Waals surface area contributed by atoms with E-state index < -0.39 is 0 Å². The molecule has 0 heterocycles. The summed E-state index contributed by atoms with van der Waals surface area (Å²) in [6, 6.07) is 0. The summed E-state index contributed by atoms with van der Waals surface area (Å²) < 4.78 is 0. The molecular weight excluding hydrogens is 156 g/mol. The minimum Gasteiger partial charge on any atom is -0.330 e. The van der Waals surface area contributed by atoms with Gasteiger partial charge in [-0.25, -0.2) is 0 Å². The molecule has 0 aromatic rings. The third-order valence-electron chi connectivity index (χ3n) is 1.51. The number of hydrogen-bond donors (Lipinski definition) is 3. The van der Waals surface area contributed by atoms with E-state index in [1.165, 1.54) is 0 Å². The molecule has 0 radical (unpaired) electrons. The van der Waals surface area contributed by atoms with Crippen LogP contribution in [0.2, 0.25) is 0 Å². The van der Waals surface area contributed by atoms with E-state index in [9.17, 15) is 4.91 Å². The molecule has 0 fully saturated rings. The highest BCUT2D eigenvalue weighted by Crippen LogP contribution is 1.82. The number of nitrogens with two attached hydrogens (primary N) is 1. The maximum absolute atomic E-state index is 9.58. The number of nitroso groups, excluding NO2 is 1. The first kappa shape index (κ1) is 11.3. The Morgan fingerprint density at radius 2 is 1.83 bits per heavy atom. The molecule has 0 atom stereocenters. The molecule has 5 nitrogen and oxygen atoms in total. The summed E-state index contributed by atoms with van der Waals surface area (Å²) in [7, 11) is 0. The van der Waals surface area contributed by atoms with Crippen molar-refractivity contribution in [1.82, 2.24) is 10.7 Å². The van der Waals surface area contributed by atoms with Gasteiger partial charge in [-0.1, -0.05) is 0 Å². The molecule has 0 aliphatic carbocycles. The molecule has 72 valence electrons. The second-order valence-corrected chi connectivity index (χ2v) is 2.60. The van der Waals surface area contributed by atoms with Crippen LogP contribution >= 0.6 is 0 Å². The molecular formula is C7H18N4O. The van der Waals surface area contributed by atoms with Gasteiger partial charge in [-0.3, -0.25) is 5.43 Å². The van der Waals surface area contributed by atoms with Gasteiger partial charge in [0.1, 0.15) is 0 Å². The number of nitrogens with zero attached hydrogens (tertiary/aromatic N) is 1. The van der Waals surface area contributed by atoms with E-state index in [0.717, 1.165) is 38.9 Å². The van der Waals surface area contributed by atoms with E-state index in [-0.39, 0.29) is 0 Å². The van der Waals surface area contributed by atoms with Crippen molar-refractivity contribution in [3.05, 3.63) is 4.91 Å². The van der Waals surface area contributed by atoms with Crippen LogP contribution in [0.1, 0.15) is 19.3 Å². The van der Waals surface area contributed by atoms with Gasteiger partial charge in [0.2, 0.25) is 0 Å². The summed E-state index contributed by atoms with van der Waals surface area (Å²) in [4.78, 5) is 9.58. The Bertz CT molecular complexity index is 99.4. The smallest absolute Gasteiger partial charge is 0.0496 e. The number of rotatable bonds is 9. The zero-order valence-electron chi connectivity index (χ0n) is 7.38. The van der Waals surface area contributed by atoms with Crippen LogP contribution in [0.4, 0.5) is 0 Å². The lowest BCUT2D eigenvalue weighted by Crippen LogP contribution is -2.20. The first-order valence-corrected chi connectivity index (χ1v) is 4.38. The molecule has 0 saturated heterocycles. The monoisotopic (exact) mass is 174 g/mol. The zero-order chi connectivity index (χ0) is 9.07. The molecule has 4 N–H and O–H groups in total. The van der Waals surface area contributed by atoms with Gasteiger partial charge in [0.25, 0.3) is 0 Å². The lowest BCUT2D eigenvalue weighted by molar-refractivity contribution is 0.584. The van der Waals surface area contributed by atoms with Crippen LogP contribution < -0.4 is 16.5 Å². The Kier molecular flexibility index (Phi) is 9.74. The SMILES string of the molecule is NCCCCNCCCNN=O. The van der Waals surface area contributed by atoms with E-state index in [0.29, 0.717) is 6.54 Å². The van der Waals surface area contributed by atoms with Gasteiger partial charge in [0, 0.05) is 11.8 Å². The maximum Gasteiger partial charge on any atom is 0.0496 e. The second kappa shape index (κ2) is 10.3. The van der Waals surface area contributed by atoms with Crippen molar-refractivity contribution in [2.75, 3.05) is 26.2 Å². The summed E-state index contributed by atoms with van der Waals surface area (Å²) >= 11 is 0. The Labute approximate surface area is 73.0 Å². The summed E-state index contributed by atoms with van der Waals surface area (Å²) in [5.74, 6) is 0. The van der Waals surface area contributed by atoms with E-state index in [2.05, 4.69) is 16.0 Å². The Balaban J connectivity index is 2.77. The third kappa shape index (κ3) is 9.32. The fraction of sp³-hybridized carbons (Fsp3) is 1.00. The lowest BCUT2D eigenvalue weighted by Gasteiger charge is -2.02. The quantitative estimate of drug-likeness (QED) is 0.261. The lowest BCUT2D eigenvalue weighted by atomic mass is 10.3. The minimum absolute atomic E-state index is 0.646. The Morgan fingerprint density at radius 1 is 1.08 bits per heavy atom. The molecule has 0 aliphatic rings. The van der Waals surface area contributed by atoms with E-state index in [1.807, 2.05) is 0 Å². The molecule has 0 amide bonds. The number of hydrogen-bond acceptors (Lipinski definition) is 4. The van der Waals surface area contributed by atoms with Crippen LogP contribution in [0.3, 0.4) is 0 Å². The van der Waals surface area contributed by atoms with Gasteiger partial charge in [-0.15, -0.1) is 4.91 Å². The van der Waals surface area contributed by atoms with Crippen molar-refractivity contribution in [2.45, 2.75) is 19.3 Å². The molecule has 0 aromatic heterocycles. The Hall–Kier alpha value is -0.680. The average molecular weight is 174 g/mol. The van der Waals surface area contributed by atoms with Gasteiger partial charge in [0.15, 0.2) is 0 Å². The van der Waals surface area contributed by atoms with Crippen LogP contribution in [0, 0.1) is 4.91 Å². The summed E-state index contributed by atoms with van der Waals surface area (Å²) in [6.45, 7) is 3.34. The fourth-order valence-electron chi connectivity index (χ4n) is 0.857. The van der Waals surface area contributed by atoms with Gasteiger partial charge < -0.3 is 11.1 Å². The summed E-state index contributed by atoms with van der Waals surface area (Å²) in [5, 5.41) is 5.78. The van der Waals surface area contributed by atoms with Crippen LogP contribution in [0.15, 0.2) is 5.29 Å². The second-order valence-electron chi connectivity index (χ2n) is 2.60. The van der Waals surface area contributed by atoms with E-state index >= 15 is 0 Å². The average Bonchev–Trinajstić information content (AvgIpc) is 2.10. The molecule has 0 aromatic carbocycles. The van der Waals surface area contributed by atoms with Crippen molar-refractivity contribution in [2.24, 2.45) is 11.0 Å². The zero-order valence-corrected chi connectivity index (χ0v) is 7.38. The highest BCUT2D eigenvalue weighted by molar-refractivity contribution is 4.50. The molecule has 0 aliphatic heterocycles. The van der Waals surface area contributed by atoms with Crippen molar-refractivity contribution in [1.29, 1.82) is 0 Å². The van der Waals surface area contributed by atoms with Crippen LogP contribution in [0.5, 0.6) is 0 Å². The van der Waals surface area contributed by atoms with Crippen molar-refractivity contribution in [3.8, 4) is 0 Å². The minimum atomic E-state index is 0.646. The first-order chi connectivity index (χ1) is 5.91. The topological polar surface area (TPSA) is 79.5 Å². The molecule has 12 heavy (non-hydrogen) atoms. The standard InChI is InChI=1S/C7H18N4O/c8-4-1-2-5-9-6-3-7-10-11-12/h9H,1-8H2,(H,10,12). The largest absolute Gasteiger partial charge is 0.330 e. The first-order valence-electron chi connectivity index (χ1n) is 4.38. The van der Waals surface area contributed by atoms with E-state index in [4.69, 9.17) is 5.73 Å².